The monoisotopic (exact) mass is 297 g/mol. The van der Waals surface area contributed by atoms with Crippen LogP contribution in [0.2, 0.25) is 0 Å². The molecule has 22 heavy (non-hydrogen) atoms. The highest BCUT2D eigenvalue weighted by atomic mass is 16.5. The molecule has 2 rings (SSSR count). The first-order chi connectivity index (χ1) is 10.5. The Morgan fingerprint density at radius 2 is 1.68 bits per heavy atom. The molecule has 0 aliphatic rings. The topological polar surface area (TPSA) is 55.4 Å². The third kappa shape index (κ3) is 3.95. The minimum absolute atomic E-state index is 0.0816. The van der Waals surface area contributed by atoms with Crippen LogP contribution in [0.4, 0.5) is 0 Å². The molecule has 1 amide bonds. The minimum atomic E-state index is -0.384. The highest BCUT2D eigenvalue weighted by Gasteiger charge is 2.13. The van der Waals surface area contributed by atoms with Crippen LogP contribution in [0.5, 0.6) is 5.75 Å². The van der Waals surface area contributed by atoms with E-state index in [2.05, 4.69) is 5.32 Å². The van der Waals surface area contributed by atoms with Crippen LogP contribution in [0.25, 0.3) is 0 Å². The van der Waals surface area contributed by atoms with E-state index in [0.29, 0.717) is 11.3 Å². The number of hydrogen-bond donors (Lipinski definition) is 1. The predicted octanol–water partition coefficient (Wildman–Crippen LogP) is 3.41. The number of amides is 1. The van der Waals surface area contributed by atoms with Crippen LogP contribution in [0, 0.1) is 6.92 Å². The Kier molecular flexibility index (Phi) is 4.94. The second-order valence-corrected chi connectivity index (χ2v) is 5.17. The Labute approximate surface area is 130 Å². The Morgan fingerprint density at radius 1 is 1.05 bits per heavy atom. The zero-order chi connectivity index (χ0) is 16.1. The van der Waals surface area contributed by atoms with Crippen molar-refractivity contribution in [3.8, 4) is 5.75 Å². The third-order valence-electron chi connectivity index (χ3n) is 3.38. The van der Waals surface area contributed by atoms with Gasteiger partial charge >= 0.3 is 5.97 Å². The number of benzene rings is 2. The number of carbonyl (C=O) groups is 2. The van der Waals surface area contributed by atoms with E-state index in [1.54, 1.807) is 24.3 Å². The molecule has 0 saturated heterocycles. The fraction of sp³-hybridized carbons (Fsp3) is 0.222. The summed E-state index contributed by atoms with van der Waals surface area (Å²) in [4.78, 5) is 23.1. The standard InChI is InChI=1S/C18H19NO3/c1-12-6-4-5-7-17(12)13(2)19-18(21)15-8-10-16(11-9-15)22-14(3)20/h4-11,13H,1-3H3,(H,19,21). The van der Waals surface area contributed by atoms with Crippen LogP contribution in [0.15, 0.2) is 48.5 Å². The molecule has 0 aliphatic carbocycles. The van der Waals surface area contributed by atoms with Crippen molar-refractivity contribution < 1.29 is 14.3 Å². The molecule has 2 aromatic carbocycles. The number of nitrogens with one attached hydrogen (secondary N) is 1. The first kappa shape index (κ1) is 15.8. The van der Waals surface area contributed by atoms with Gasteiger partial charge in [-0.3, -0.25) is 9.59 Å². The SMILES string of the molecule is CC(=O)Oc1ccc(C(=O)NC(C)c2ccccc2C)cc1. The quantitative estimate of drug-likeness (QED) is 0.695. The molecule has 0 bridgehead atoms. The first-order valence-corrected chi connectivity index (χ1v) is 7.12. The van der Waals surface area contributed by atoms with Crippen LogP contribution >= 0.6 is 0 Å². The lowest BCUT2D eigenvalue weighted by Gasteiger charge is -2.16. The summed E-state index contributed by atoms with van der Waals surface area (Å²) in [5, 5.41) is 2.97. The lowest BCUT2D eigenvalue weighted by molar-refractivity contribution is -0.131. The van der Waals surface area contributed by atoms with Gasteiger partial charge in [0.2, 0.25) is 0 Å². The number of hydrogen-bond acceptors (Lipinski definition) is 3. The largest absolute Gasteiger partial charge is 0.427 e. The summed E-state index contributed by atoms with van der Waals surface area (Å²) in [5.41, 5.74) is 2.75. The second-order valence-electron chi connectivity index (χ2n) is 5.17. The molecule has 2 aromatic rings. The Hall–Kier alpha value is -2.62. The molecule has 0 fully saturated rings. The number of aryl methyl sites for hydroxylation is 1. The van der Waals surface area contributed by atoms with Gasteiger partial charge in [-0.2, -0.15) is 0 Å². The van der Waals surface area contributed by atoms with E-state index in [1.165, 1.54) is 6.92 Å². The molecule has 4 nitrogen and oxygen atoms in total. The van der Waals surface area contributed by atoms with Gasteiger partial charge < -0.3 is 10.1 Å². The van der Waals surface area contributed by atoms with Crippen molar-refractivity contribution in [3.63, 3.8) is 0 Å². The molecule has 114 valence electrons. The maximum atomic E-state index is 12.3. The first-order valence-electron chi connectivity index (χ1n) is 7.12. The molecule has 0 spiro atoms. The van der Waals surface area contributed by atoms with Gasteiger partial charge in [-0.1, -0.05) is 24.3 Å². The van der Waals surface area contributed by atoms with E-state index in [0.717, 1.165) is 11.1 Å². The average Bonchev–Trinajstić information content (AvgIpc) is 2.47. The molecule has 0 heterocycles. The van der Waals surface area contributed by atoms with E-state index >= 15 is 0 Å². The molecule has 0 saturated carbocycles. The van der Waals surface area contributed by atoms with Crippen LogP contribution in [0.3, 0.4) is 0 Å². The van der Waals surface area contributed by atoms with Gasteiger partial charge in [-0.25, -0.2) is 0 Å². The van der Waals surface area contributed by atoms with Gasteiger partial charge in [0.15, 0.2) is 0 Å². The highest BCUT2D eigenvalue weighted by Crippen LogP contribution is 2.18. The van der Waals surface area contributed by atoms with Crippen LogP contribution in [-0.4, -0.2) is 11.9 Å². The van der Waals surface area contributed by atoms with E-state index in [9.17, 15) is 9.59 Å². The molecule has 1 unspecified atom stereocenters. The summed E-state index contributed by atoms with van der Waals surface area (Å²) in [6.07, 6.45) is 0. The van der Waals surface area contributed by atoms with E-state index in [4.69, 9.17) is 4.74 Å². The van der Waals surface area contributed by atoms with Crippen molar-refractivity contribution >= 4 is 11.9 Å². The number of esters is 1. The van der Waals surface area contributed by atoms with E-state index in [-0.39, 0.29) is 17.9 Å². The summed E-state index contributed by atoms with van der Waals surface area (Å²) in [6, 6.07) is 14.4. The van der Waals surface area contributed by atoms with Crippen molar-refractivity contribution in [2.45, 2.75) is 26.8 Å². The van der Waals surface area contributed by atoms with E-state index in [1.807, 2.05) is 38.1 Å². The average molecular weight is 297 g/mol. The Bertz CT molecular complexity index is 677. The lowest BCUT2D eigenvalue weighted by atomic mass is 10.0. The summed E-state index contributed by atoms with van der Waals surface area (Å²) < 4.78 is 4.94. The lowest BCUT2D eigenvalue weighted by Crippen LogP contribution is -2.27. The smallest absolute Gasteiger partial charge is 0.308 e. The molecule has 4 heteroatoms. The number of carbonyl (C=O) groups excluding carboxylic acids is 2. The Balaban J connectivity index is 2.06. The molecule has 1 atom stereocenters. The summed E-state index contributed by atoms with van der Waals surface area (Å²) in [7, 11) is 0. The third-order valence-corrected chi connectivity index (χ3v) is 3.38. The van der Waals surface area contributed by atoms with Gasteiger partial charge in [0.05, 0.1) is 6.04 Å². The number of rotatable bonds is 4. The van der Waals surface area contributed by atoms with Gasteiger partial charge in [0, 0.05) is 12.5 Å². The maximum absolute atomic E-state index is 12.3. The zero-order valence-electron chi connectivity index (χ0n) is 12.9. The summed E-state index contributed by atoms with van der Waals surface area (Å²) in [5.74, 6) is -0.119. The molecular formula is C18H19NO3. The van der Waals surface area contributed by atoms with Crippen molar-refractivity contribution in [1.82, 2.24) is 5.32 Å². The maximum Gasteiger partial charge on any atom is 0.308 e. The fourth-order valence-corrected chi connectivity index (χ4v) is 2.27. The fourth-order valence-electron chi connectivity index (χ4n) is 2.27. The van der Waals surface area contributed by atoms with Crippen LogP contribution < -0.4 is 10.1 Å². The van der Waals surface area contributed by atoms with Crippen LogP contribution in [0.1, 0.15) is 41.4 Å². The van der Waals surface area contributed by atoms with Gasteiger partial charge in [-0.15, -0.1) is 0 Å². The molecule has 1 N–H and O–H groups in total. The van der Waals surface area contributed by atoms with Gasteiger partial charge in [0.1, 0.15) is 5.75 Å². The predicted molar refractivity (Wildman–Crippen MR) is 84.8 cm³/mol. The molecule has 0 aliphatic heterocycles. The van der Waals surface area contributed by atoms with Gasteiger partial charge in [-0.05, 0) is 49.2 Å². The summed E-state index contributed by atoms with van der Waals surface area (Å²) >= 11 is 0. The van der Waals surface area contributed by atoms with Crippen LogP contribution in [-0.2, 0) is 4.79 Å². The van der Waals surface area contributed by atoms with Crippen molar-refractivity contribution in [2.24, 2.45) is 0 Å². The Morgan fingerprint density at radius 3 is 2.27 bits per heavy atom. The van der Waals surface area contributed by atoms with Crippen molar-refractivity contribution in [3.05, 3.63) is 65.2 Å². The second kappa shape index (κ2) is 6.89. The number of ether oxygens (including phenoxy) is 1. The molecule has 0 radical (unpaired) electrons. The zero-order valence-corrected chi connectivity index (χ0v) is 12.9. The highest BCUT2D eigenvalue weighted by molar-refractivity contribution is 5.94. The molecular weight excluding hydrogens is 278 g/mol. The van der Waals surface area contributed by atoms with Crippen molar-refractivity contribution in [2.75, 3.05) is 0 Å². The van der Waals surface area contributed by atoms with Crippen molar-refractivity contribution in [1.29, 1.82) is 0 Å². The van der Waals surface area contributed by atoms with E-state index < -0.39 is 0 Å². The molecule has 0 aromatic heterocycles. The minimum Gasteiger partial charge on any atom is -0.427 e. The van der Waals surface area contributed by atoms with Gasteiger partial charge in [0.25, 0.3) is 5.91 Å². The summed E-state index contributed by atoms with van der Waals surface area (Å²) in [6.45, 7) is 5.31. The normalized spacial score (nSPS) is 11.6.